The van der Waals surface area contributed by atoms with E-state index in [2.05, 4.69) is 42.9 Å². The second kappa shape index (κ2) is 7.16. The number of fused-ring (bicyclic) bond motifs is 1. The zero-order chi connectivity index (χ0) is 19.1. The molecule has 2 aliphatic rings. The molecule has 9 heteroatoms. The molecular formula is C19H16BrN5O2S. The highest BCUT2D eigenvalue weighted by Crippen LogP contribution is 2.33. The van der Waals surface area contributed by atoms with Crippen molar-refractivity contribution in [3.63, 3.8) is 0 Å². The molecule has 0 bridgehead atoms. The van der Waals surface area contributed by atoms with E-state index in [-0.39, 0.29) is 24.5 Å². The third-order valence-corrected chi connectivity index (χ3v) is 6.30. The second-order valence-corrected chi connectivity index (χ2v) is 8.54. The Kier molecular flexibility index (Phi) is 4.50. The monoisotopic (exact) mass is 457 g/mol. The van der Waals surface area contributed by atoms with Crippen LogP contribution in [0.3, 0.4) is 0 Å². The van der Waals surface area contributed by atoms with Gasteiger partial charge >= 0.3 is 0 Å². The molecule has 1 saturated heterocycles. The summed E-state index contributed by atoms with van der Waals surface area (Å²) in [4.78, 5) is 20.3. The van der Waals surface area contributed by atoms with E-state index in [0.717, 1.165) is 16.5 Å². The SMILES string of the molecule is O=C1C2CC(c3cccs3)NN2C=CN1Cc1nc(-c2cccc(Br)c2)no1. The molecule has 2 aromatic heterocycles. The largest absolute Gasteiger partial charge is 0.337 e. The van der Waals surface area contributed by atoms with Crippen LogP contribution in [-0.2, 0) is 11.3 Å². The maximum atomic E-state index is 12.9. The van der Waals surface area contributed by atoms with Gasteiger partial charge in [-0.3, -0.25) is 4.79 Å². The first-order valence-electron chi connectivity index (χ1n) is 8.82. The summed E-state index contributed by atoms with van der Waals surface area (Å²) in [6, 6.07) is 11.7. The molecule has 2 aliphatic heterocycles. The molecule has 5 rings (SSSR count). The van der Waals surface area contributed by atoms with E-state index < -0.39 is 0 Å². The van der Waals surface area contributed by atoms with Crippen LogP contribution in [0, 0.1) is 0 Å². The number of nitrogens with one attached hydrogen (secondary N) is 1. The smallest absolute Gasteiger partial charge is 0.251 e. The van der Waals surface area contributed by atoms with Gasteiger partial charge in [0.15, 0.2) is 0 Å². The predicted molar refractivity (Wildman–Crippen MR) is 108 cm³/mol. The number of nitrogens with zero attached hydrogens (tertiary/aromatic N) is 4. The molecule has 1 aromatic carbocycles. The highest BCUT2D eigenvalue weighted by atomic mass is 79.9. The van der Waals surface area contributed by atoms with Crippen LogP contribution in [0.1, 0.15) is 23.2 Å². The lowest BCUT2D eigenvalue weighted by Gasteiger charge is -2.30. The average Bonchev–Trinajstić information content (AvgIpc) is 3.44. The first-order valence-corrected chi connectivity index (χ1v) is 10.5. The van der Waals surface area contributed by atoms with Crippen LogP contribution in [0.2, 0.25) is 0 Å². The summed E-state index contributed by atoms with van der Waals surface area (Å²) >= 11 is 5.14. The molecular weight excluding hydrogens is 442 g/mol. The first kappa shape index (κ1) is 17.6. The van der Waals surface area contributed by atoms with Crippen LogP contribution in [0.15, 0.2) is 63.2 Å². The number of halogens is 1. The Bertz CT molecular complexity index is 1030. The van der Waals surface area contributed by atoms with Gasteiger partial charge in [-0.25, -0.2) is 5.43 Å². The third-order valence-electron chi connectivity index (χ3n) is 4.82. The Balaban J connectivity index is 1.30. The van der Waals surface area contributed by atoms with Crippen LogP contribution in [-0.4, -0.2) is 32.0 Å². The minimum absolute atomic E-state index is 0.0243. The number of thiophene rings is 1. The highest BCUT2D eigenvalue weighted by molar-refractivity contribution is 9.10. The van der Waals surface area contributed by atoms with Crippen molar-refractivity contribution in [1.29, 1.82) is 0 Å². The minimum Gasteiger partial charge on any atom is -0.337 e. The van der Waals surface area contributed by atoms with Crippen molar-refractivity contribution in [2.24, 2.45) is 0 Å². The Morgan fingerprint density at radius 2 is 2.21 bits per heavy atom. The normalized spacial score (nSPS) is 21.4. The number of rotatable bonds is 4. The van der Waals surface area contributed by atoms with E-state index in [9.17, 15) is 4.79 Å². The van der Waals surface area contributed by atoms with Gasteiger partial charge in [0.05, 0.1) is 6.04 Å². The fraction of sp³-hybridized carbons (Fsp3) is 0.211. The molecule has 28 heavy (non-hydrogen) atoms. The summed E-state index contributed by atoms with van der Waals surface area (Å²) in [5.41, 5.74) is 4.25. The lowest BCUT2D eigenvalue weighted by molar-refractivity contribution is -0.135. The lowest BCUT2D eigenvalue weighted by atomic mass is 10.1. The van der Waals surface area contributed by atoms with Crippen molar-refractivity contribution in [3.8, 4) is 11.4 Å². The Morgan fingerprint density at radius 3 is 3.04 bits per heavy atom. The number of benzene rings is 1. The van der Waals surface area contributed by atoms with Gasteiger partial charge < -0.3 is 14.4 Å². The number of carbonyl (C=O) groups excluding carboxylic acids is 1. The summed E-state index contributed by atoms with van der Waals surface area (Å²) in [7, 11) is 0. The Hall–Kier alpha value is -2.49. The maximum absolute atomic E-state index is 12.9. The summed E-state index contributed by atoms with van der Waals surface area (Å²) < 4.78 is 6.31. The van der Waals surface area contributed by atoms with Crippen molar-refractivity contribution in [2.75, 3.05) is 0 Å². The van der Waals surface area contributed by atoms with Gasteiger partial charge in [-0.05, 0) is 23.6 Å². The average molecular weight is 458 g/mol. The van der Waals surface area contributed by atoms with E-state index in [4.69, 9.17) is 4.52 Å². The molecule has 4 heterocycles. The van der Waals surface area contributed by atoms with Gasteiger partial charge in [0.2, 0.25) is 11.7 Å². The topological polar surface area (TPSA) is 74.5 Å². The van der Waals surface area contributed by atoms with Gasteiger partial charge in [0.25, 0.3) is 5.91 Å². The molecule has 0 aliphatic carbocycles. The molecule has 2 unspecified atom stereocenters. The summed E-state index contributed by atoms with van der Waals surface area (Å²) in [6.07, 6.45) is 4.38. The van der Waals surface area contributed by atoms with Crippen LogP contribution >= 0.6 is 27.3 Å². The van der Waals surface area contributed by atoms with Crippen LogP contribution < -0.4 is 5.43 Å². The zero-order valence-electron chi connectivity index (χ0n) is 14.7. The summed E-state index contributed by atoms with van der Waals surface area (Å²) in [6.45, 7) is 0.254. The Morgan fingerprint density at radius 1 is 1.29 bits per heavy atom. The number of hydrogen-bond acceptors (Lipinski definition) is 7. The summed E-state index contributed by atoms with van der Waals surface area (Å²) in [5, 5.41) is 7.99. The second-order valence-electron chi connectivity index (χ2n) is 6.64. The van der Waals surface area contributed by atoms with E-state index in [1.165, 1.54) is 4.88 Å². The van der Waals surface area contributed by atoms with Gasteiger partial charge in [0, 0.05) is 33.7 Å². The van der Waals surface area contributed by atoms with Crippen molar-refractivity contribution >= 4 is 33.2 Å². The zero-order valence-corrected chi connectivity index (χ0v) is 17.1. The molecule has 3 aromatic rings. The number of amides is 1. The van der Waals surface area contributed by atoms with Crippen molar-refractivity contribution in [1.82, 2.24) is 25.5 Å². The van der Waals surface area contributed by atoms with Crippen LogP contribution in [0.5, 0.6) is 0 Å². The number of carbonyl (C=O) groups is 1. The van der Waals surface area contributed by atoms with Crippen LogP contribution in [0.25, 0.3) is 11.4 Å². The fourth-order valence-electron chi connectivity index (χ4n) is 3.45. The van der Waals surface area contributed by atoms with Gasteiger partial charge in [-0.15, -0.1) is 11.3 Å². The molecule has 0 radical (unpaired) electrons. The molecule has 1 N–H and O–H groups in total. The van der Waals surface area contributed by atoms with Gasteiger partial charge in [0.1, 0.15) is 12.6 Å². The molecule has 142 valence electrons. The molecule has 0 saturated carbocycles. The molecule has 1 fully saturated rings. The predicted octanol–water partition coefficient (Wildman–Crippen LogP) is 3.69. The Labute approximate surface area is 173 Å². The van der Waals surface area contributed by atoms with Crippen molar-refractivity contribution < 1.29 is 9.32 Å². The standard InChI is InChI=1S/C19H16BrN5O2S/c20-13-4-1-3-12(9-13)18-21-17(27-23-18)11-24-6-7-25-15(19(24)26)10-14(22-25)16-5-2-8-28-16/h1-9,14-15,22H,10-11H2. The molecule has 2 atom stereocenters. The van der Waals surface area contributed by atoms with Gasteiger partial charge in [-0.2, -0.15) is 4.98 Å². The van der Waals surface area contributed by atoms with E-state index in [0.29, 0.717) is 11.7 Å². The molecule has 1 amide bonds. The molecule has 0 spiro atoms. The van der Waals surface area contributed by atoms with Crippen molar-refractivity contribution in [3.05, 3.63) is 69.4 Å². The van der Waals surface area contributed by atoms with Gasteiger partial charge in [-0.1, -0.05) is 39.3 Å². The first-order chi connectivity index (χ1) is 13.7. The molecule has 7 nitrogen and oxygen atoms in total. The van der Waals surface area contributed by atoms with E-state index in [1.54, 1.807) is 22.4 Å². The van der Waals surface area contributed by atoms with E-state index in [1.807, 2.05) is 41.5 Å². The fourth-order valence-corrected chi connectivity index (χ4v) is 4.64. The highest BCUT2D eigenvalue weighted by Gasteiger charge is 2.40. The van der Waals surface area contributed by atoms with E-state index >= 15 is 0 Å². The number of aromatic nitrogens is 2. The lowest BCUT2D eigenvalue weighted by Crippen LogP contribution is -2.47. The van der Waals surface area contributed by atoms with Crippen molar-refractivity contribution in [2.45, 2.75) is 25.0 Å². The number of hydrogen-bond donors (Lipinski definition) is 1. The quantitative estimate of drug-likeness (QED) is 0.643. The number of hydrazine groups is 1. The minimum atomic E-state index is -0.232. The maximum Gasteiger partial charge on any atom is 0.251 e. The summed E-state index contributed by atoms with van der Waals surface area (Å²) in [5.74, 6) is 0.935. The third kappa shape index (κ3) is 3.25. The van der Waals surface area contributed by atoms with Crippen LogP contribution in [0.4, 0.5) is 0 Å².